The molecule has 0 fully saturated rings. The second kappa shape index (κ2) is 7.53. The van der Waals surface area contributed by atoms with Gasteiger partial charge in [0.25, 0.3) is 0 Å². The van der Waals surface area contributed by atoms with E-state index >= 15 is 0 Å². The highest BCUT2D eigenvalue weighted by Gasteiger charge is 2.16. The van der Waals surface area contributed by atoms with Crippen LogP contribution in [-0.4, -0.2) is 22.4 Å². The van der Waals surface area contributed by atoms with Gasteiger partial charge in [0.2, 0.25) is 5.02 Å². The lowest BCUT2D eigenvalue weighted by Gasteiger charge is -2.08. The number of hydrogen-bond donors (Lipinski definition) is 1. The summed E-state index contributed by atoms with van der Waals surface area (Å²) in [7, 11) is 0. The molecule has 0 aliphatic heterocycles. The minimum Gasteiger partial charge on any atom is -0.461 e. The summed E-state index contributed by atoms with van der Waals surface area (Å²) >= 11 is 11.4. The molecule has 1 unspecified atom stereocenters. The van der Waals surface area contributed by atoms with E-state index in [4.69, 9.17) is 33.7 Å². The van der Waals surface area contributed by atoms with Crippen LogP contribution in [0.3, 0.4) is 0 Å². The number of nitrogens with two attached hydrogens (primary N) is 1. The fourth-order valence-electron chi connectivity index (χ4n) is 2.02. The minimum absolute atomic E-state index is 0.0349. The number of rotatable bonds is 5. The van der Waals surface area contributed by atoms with Gasteiger partial charge in [0.15, 0.2) is 17.3 Å². The van der Waals surface area contributed by atoms with Gasteiger partial charge in [-0.05, 0) is 18.6 Å². The first-order valence-electron chi connectivity index (χ1n) is 7.09. The van der Waals surface area contributed by atoms with E-state index in [1.165, 1.54) is 10.7 Å². The Labute approximate surface area is 144 Å². The number of carbonyl (C=O) groups is 1. The van der Waals surface area contributed by atoms with Crippen molar-refractivity contribution in [2.75, 3.05) is 12.3 Å². The molecule has 0 saturated carbocycles. The van der Waals surface area contributed by atoms with Gasteiger partial charge in [0.05, 0.1) is 6.61 Å². The summed E-state index contributed by atoms with van der Waals surface area (Å²) in [4.78, 5) is 11.7. The first kappa shape index (κ1) is 17.4. The molecule has 0 aliphatic rings. The number of nitrogens with zero attached hydrogens (tertiary/aromatic N) is 2. The lowest BCUT2D eigenvalue weighted by Crippen LogP contribution is -2.07. The van der Waals surface area contributed by atoms with E-state index in [1.54, 1.807) is 13.0 Å². The molecule has 0 saturated heterocycles. The van der Waals surface area contributed by atoms with Crippen LogP contribution in [0.25, 0.3) is 5.16 Å². The van der Waals surface area contributed by atoms with Gasteiger partial charge in [-0.2, -0.15) is 5.10 Å². The highest BCUT2D eigenvalue weighted by molar-refractivity contribution is 6.45. The third kappa shape index (κ3) is 4.27. The number of benzene rings is 1. The Bertz CT molecular complexity index is 723. The normalized spacial score (nSPS) is 13.0. The molecule has 7 heteroatoms. The molecule has 2 rings (SSSR count). The van der Waals surface area contributed by atoms with Gasteiger partial charge in [-0.1, -0.05) is 30.7 Å². The van der Waals surface area contributed by atoms with Crippen LogP contribution in [0.5, 0.6) is 0 Å². The second-order valence-electron chi connectivity index (χ2n) is 4.93. The van der Waals surface area contributed by atoms with Gasteiger partial charge >= 0.3 is 5.97 Å². The SMILES string of the molecule is CCOC(=O)c1cc(N)n(/C(Cl)=C\C(C)c2ccc([ClH+])cc2)n1. The topological polar surface area (TPSA) is 70.1 Å². The number of halogens is 2. The number of ether oxygens (including phenoxy) is 1. The zero-order chi connectivity index (χ0) is 17.0. The van der Waals surface area contributed by atoms with Crippen LogP contribution in [0, 0.1) is 11.6 Å². The van der Waals surface area contributed by atoms with E-state index in [0.29, 0.717) is 5.16 Å². The van der Waals surface area contributed by atoms with Gasteiger partial charge in [-0.15, -0.1) is 0 Å². The van der Waals surface area contributed by atoms with Crippen molar-refractivity contribution in [3.63, 3.8) is 0 Å². The molecule has 1 aromatic heterocycles. The minimum atomic E-state index is -0.531. The van der Waals surface area contributed by atoms with Gasteiger partial charge in [0.1, 0.15) is 11.0 Å². The molecule has 0 spiro atoms. The van der Waals surface area contributed by atoms with Crippen molar-refractivity contribution in [2.24, 2.45) is 0 Å². The fraction of sp³-hybridized carbons (Fsp3) is 0.250. The molecule has 2 aromatic rings. The van der Waals surface area contributed by atoms with E-state index < -0.39 is 5.97 Å². The van der Waals surface area contributed by atoms with E-state index in [2.05, 4.69) is 5.10 Å². The molecule has 122 valence electrons. The second-order valence-corrected chi connectivity index (χ2v) is 5.79. The van der Waals surface area contributed by atoms with Crippen LogP contribution in [0.1, 0.15) is 35.8 Å². The zero-order valence-electron chi connectivity index (χ0n) is 12.8. The number of carbonyl (C=O) groups excluding carboxylic acids is 1. The molecule has 2 N–H and O–H groups in total. The summed E-state index contributed by atoms with van der Waals surface area (Å²) in [5.74, 6) is -0.230. The van der Waals surface area contributed by atoms with Crippen LogP contribution >= 0.6 is 11.6 Å². The average molecular weight is 355 g/mol. The summed E-state index contributed by atoms with van der Waals surface area (Å²) in [6.45, 7) is 3.98. The van der Waals surface area contributed by atoms with Crippen molar-refractivity contribution in [3.8, 4) is 0 Å². The smallest absolute Gasteiger partial charge is 0.358 e. The Kier molecular flexibility index (Phi) is 5.69. The third-order valence-electron chi connectivity index (χ3n) is 3.22. The molecule has 23 heavy (non-hydrogen) atoms. The van der Waals surface area contributed by atoms with Gasteiger partial charge in [-0.3, -0.25) is 0 Å². The van der Waals surface area contributed by atoms with E-state index in [9.17, 15) is 4.79 Å². The summed E-state index contributed by atoms with van der Waals surface area (Å²) < 4.78 is 6.21. The van der Waals surface area contributed by atoms with Crippen molar-refractivity contribution in [1.82, 2.24) is 9.78 Å². The van der Waals surface area contributed by atoms with E-state index in [1.807, 2.05) is 31.2 Å². The van der Waals surface area contributed by atoms with E-state index in [0.717, 1.165) is 10.6 Å². The van der Waals surface area contributed by atoms with Crippen LogP contribution in [0.2, 0.25) is 5.02 Å². The molecule has 1 atom stereocenters. The predicted octanol–water partition coefficient (Wildman–Crippen LogP) is 3.18. The Morgan fingerprint density at radius 2 is 2.13 bits per heavy atom. The molecule has 1 aromatic carbocycles. The van der Waals surface area contributed by atoms with Gasteiger partial charge in [0, 0.05) is 24.1 Å². The lowest BCUT2D eigenvalue weighted by atomic mass is 10.0. The van der Waals surface area contributed by atoms with Crippen molar-refractivity contribution < 1.29 is 21.1 Å². The lowest BCUT2D eigenvalue weighted by molar-refractivity contribution is -0.288. The molecule has 0 radical (unpaired) electrons. The number of allylic oxidation sites excluding steroid dienone is 1. The Morgan fingerprint density at radius 3 is 2.74 bits per heavy atom. The molecule has 0 aliphatic carbocycles. The predicted molar refractivity (Wildman–Crippen MR) is 88.1 cm³/mol. The molecular formula is C16H18Cl2N3O2+. The molecule has 0 amide bonds. The number of hydrogen-bond acceptors (Lipinski definition) is 4. The zero-order valence-corrected chi connectivity index (χ0v) is 14.4. The molecule has 1 heterocycles. The van der Waals surface area contributed by atoms with E-state index in [-0.39, 0.29) is 24.0 Å². The summed E-state index contributed by atoms with van der Waals surface area (Å²) in [6.07, 6.45) is 1.80. The van der Waals surface area contributed by atoms with Crippen LogP contribution in [0.4, 0.5) is 5.82 Å². The molecule has 0 bridgehead atoms. The van der Waals surface area contributed by atoms with Crippen LogP contribution < -0.4 is 5.73 Å². The van der Waals surface area contributed by atoms with Crippen LogP contribution in [0.15, 0.2) is 36.4 Å². The first-order valence-corrected chi connectivity index (χ1v) is 7.88. The molecular weight excluding hydrogens is 337 g/mol. The molecule has 5 nitrogen and oxygen atoms in total. The number of aromatic nitrogens is 2. The van der Waals surface area contributed by atoms with Crippen molar-refractivity contribution in [1.29, 1.82) is 0 Å². The number of anilines is 1. The highest BCUT2D eigenvalue weighted by Crippen LogP contribution is 2.24. The summed E-state index contributed by atoms with van der Waals surface area (Å²) in [5, 5.41) is 5.19. The Morgan fingerprint density at radius 1 is 1.48 bits per heavy atom. The largest absolute Gasteiger partial charge is 0.461 e. The standard InChI is InChI=1S/C16H18Cl2N3O2/c1-3-23-16(22)13-9-15(19)21(20-13)14(18)8-10(2)11-4-6-12(17)7-5-11/h4-10,17H,3,19H2,1-2H3/q+1/b14-8-. The quantitative estimate of drug-likeness (QED) is 0.837. The Balaban J connectivity index is 2.23. The van der Waals surface area contributed by atoms with Crippen molar-refractivity contribution >= 4 is 28.5 Å². The van der Waals surface area contributed by atoms with Crippen molar-refractivity contribution in [2.45, 2.75) is 19.8 Å². The fourth-order valence-corrected chi connectivity index (χ4v) is 2.48. The first-order chi connectivity index (χ1) is 10.9. The highest BCUT2D eigenvalue weighted by atomic mass is 35.5. The summed E-state index contributed by atoms with van der Waals surface area (Å²) in [5.41, 5.74) is 7.05. The average Bonchev–Trinajstić information content (AvgIpc) is 2.90. The maximum Gasteiger partial charge on any atom is 0.358 e. The third-order valence-corrected chi connectivity index (χ3v) is 3.78. The maximum absolute atomic E-state index is 11.7. The van der Waals surface area contributed by atoms with Crippen LogP contribution in [-0.2, 0) is 4.74 Å². The maximum atomic E-state index is 11.7. The van der Waals surface area contributed by atoms with Gasteiger partial charge in [-0.25, -0.2) is 9.48 Å². The number of nitrogen functional groups attached to an aromatic ring is 1. The number of esters is 1. The Hall–Kier alpha value is -1.98. The van der Waals surface area contributed by atoms with Gasteiger partial charge < -0.3 is 10.5 Å². The van der Waals surface area contributed by atoms with Crippen molar-refractivity contribution in [3.05, 3.63) is 52.7 Å². The monoisotopic (exact) mass is 354 g/mol. The summed E-state index contributed by atoms with van der Waals surface area (Å²) in [6, 6.07) is 9.06.